The lowest BCUT2D eigenvalue weighted by atomic mass is 9.90. The number of aromatic nitrogens is 3. The van der Waals surface area contributed by atoms with Gasteiger partial charge in [-0.15, -0.1) is 0 Å². The molecule has 2 saturated heterocycles. The lowest BCUT2D eigenvalue weighted by molar-refractivity contribution is -0.120. The van der Waals surface area contributed by atoms with Crippen LogP contribution in [0, 0.1) is 18.2 Å². The summed E-state index contributed by atoms with van der Waals surface area (Å²) in [5.74, 6) is -0.204. The van der Waals surface area contributed by atoms with E-state index >= 15 is 0 Å². The summed E-state index contributed by atoms with van der Waals surface area (Å²) in [4.78, 5) is 22.7. The third-order valence-corrected chi connectivity index (χ3v) is 6.80. The van der Waals surface area contributed by atoms with E-state index in [1.807, 2.05) is 11.9 Å². The van der Waals surface area contributed by atoms with Crippen LogP contribution in [0.2, 0.25) is 0 Å². The second-order valence-corrected chi connectivity index (χ2v) is 10.1. The molecular weight excluding hydrogens is 503 g/mol. The fourth-order valence-electron chi connectivity index (χ4n) is 4.62. The molecule has 0 radical (unpaired) electrons. The molecule has 3 aromatic rings. The second kappa shape index (κ2) is 10.4. The van der Waals surface area contributed by atoms with Gasteiger partial charge in [-0.3, -0.25) is 4.79 Å². The van der Waals surface area contributed by atoms with Crippen LogP contribution >= 0.6 is 0 Å². The molecule has 1 atom stereocenters. The number of morpholine rings is 1. The van der Waals surface area contributed by atoms with Crippen LogP contribution < -0.4 is 20.6 Å². The molecule has 2 fully saturated rings. The predicted octanol–water partition coefficient (Wildman–Crippen LogP) is 3.73. The van der Waals surface area contributed by atoms with Gasteiger partial charge < -0.3 is 24.5 Å². The summed E-state index contributed by atoms with van der Waals surface area (Å²) in [6, 6.07) is 3.20. The van der Waals surface area contributed by atoms with Crippen LogP contribution in [0.5, 0.6) is 5.75 Å². The van der Waals surface area contributed by atoms with Crippen molar-refractivity contribution in [2.24, 2.45) is 5.41 Å². The number of nitrogens with one attached hydrogen (secondary N) is 1. The first-order valence-corrected chi connectivity index (χ1v) is 12.5. The van der Waals surface area contributed by atoms with Crippen LogP contribution in [-0.2, 0) is 9.47 Å². The van der Waals surface area contributed by atoms with Crippen molar-refractivity contribution in [3.8, 4) is 5.75 Å². The van der Waals surface area contributed by atoms with Gasteiger partial charge in [0.2, 0.25) is 5.75 Å². The molecule has 0 unspecified atom stereocenters. The summed E-state index contributed by atoms with van der Waals surface area (Å²) in [5.41, 5.74) is -0.861. The summed E-state index contributed by atoms with van der Waals surface area (Å²) in [5, 5.41) is 5.48. The summed E-state index contributed by atoms with van der Waals surface area (Å²) < 4.78 is 59.9. The number of rotatable bonds is 8. The normalized spacial score (nSPS) is 17.9. The fourth-order valence-corrected chi connectivity index (χ4v) is 4.62. The zero-order valence-electron chi connectivity index (χ0n) is 21.5. The molecule has 12 heteroatoms. The van der Waals surface area contributed by atoms with Crippen molar-refractivity contribution < 1.29 is 27.4 Å². The molecule has 0 saturated carbocycles. The Bertz CT molecular complexity index is 1390. The number of aryl methyl sites for hydroxylation is 1. The Labute approximate surface area is 217 Å². The predicted molar refractivity (Wildman–Crippen MR) is 135 cm³/mol. The summed E-state index contributed by atoms with van der Waals surface area (Å²) in [6.07, 6.45) is -1.31. The van der Waals surface area contributed by atoms with Crippen molar-refractivity contribution in [3.05, 3.63) is 57.5 Å². The molecule has 0 aliphatic carbocycles. The maximum Gasteiger partial charge on any atom is 0.313 e. The number of fused-ring (bicyclic) bond motifs is 1. The van der Waals surface area contributed by atoms with Gasteiger partial charge in [0.1, 0.15) is 23.0 Å². The molecule has 2 aliphatic rings. The van der Waals surface area contributed by atoms with E-state index in [2.05, 4.69) is 15.3 Å². The maximum absolute atomic E-state index is 14.9. The molecule has 2 aliphatic heterocycles. The number of hydrogen-bond donors (Lipinski definition) is 1. The van der Waals surface area contributed by atoms with Gasteiger partial charge in [-0.25, -0.2) is 27.8 Å². The number of anilines is 1. The van der Waals surface area contributed by atoms with Gasteiger partial charge in [0, 0.05) is 17.2 Å². The monoisotopic (exact) mass is 533 g/mol. The Morgan fingerprint density at radius 2 is 1.87 bits per heavy atom. The zero-order valence-corrected chi connectivity index (χ0v) is 21.5. The topological polar surface area (TPSA) is 90.7 Å². The van der Waals surface area contributed by atoms with Crippen LogP contribution in [0.25, 0.3) is 10.9 Å². The molecule has 38 heavy (non-hydrogen) atoms. The van der Waals surface area contributed by atoms with Crippen molar-refractivity contribution in [1.82, 2.24) is 14.6 Å². The molecule has 1 aromatic carbocycles. The molecule has 0 spiro atoms. The number of halogens is 3. The highest BCUT2D eigenvalue weighted by Crippen LogP contribution is 2.33. The highest BCUT2D eigenvalue weighted by Gasteiger charge is 2.35. The van der Waals surface area contributed by atoms with Crippen molar-refractivity contribution in [2.75, 3.05) is 56.4 Å². The lowest BCUT2D eigenvalue weighted by Gasteiger charge is -2.37. The SMILES string of the molecule is Cc1nc(N[C@H](C)c2cccc(C(F)F)c2F)c2cn(N3CCOCC3)c(=O)c(OCC3(C)COC3)c2n1. The molecule has 4 heterocycles. The van der Waals surface area contributed by atoms with Crippen LogP contribution in [0.3, 0.4) is 0 Å². The van der Waals surface area contributed by atoms with Crippen molar-refractivity contribution in [3.63, 3.8) is 0 Å². The molecule has 1 N–H and O–H groups in total. The van der Waals surface area contributed by atoms with Gasteiger partial charge >= 0.3 is 5.56 Å². The van der Waals surface area contributed by atoms with Gasteiger partial charge in [-0.2, -0.15) is 0 Å². The second-order valence-electron chi connectivity index (χ2n) is 10.1. The van der Waals surface area contributed by atoms with Crippen LogP contribution in [0.1, 0.15) is 43.3 Å². The van der Waals surface area contributed by atoms with Crippen molar-refractivity contribution in [2.45, 2.75) is 33.2 Å². The largest absolute Gasteiger partial charge is 0.485 e. The zero-order chi connectivity index (χ0) is 27.0. The first-order valence-electron chi connectivity index (χ1n) is 12.5. The molecule has 2 aromatic heterocycles. The minimum Gasteiger partial charge on any atom is -0.485 e. The van der Waals surface area contributed by atoms with E-state index in [1.165, 1.54) is 16.8 Å². The van der Waals surface area contributed by atoms with Gasteiger partial charge in [0.25, 0.3) is 6.43 Å². The smallest absolute Gasteiger partial charge is 0.313 e. The molecular formula is C26H30F3N5O4. The number of benzene rings is 1. The van der Waals surface area contributed by atoms with Gasteiger partial charge in [-0.1, -0.05) is 25.1 Å². The van der Waals surface area contributed by atoms with Gasteiger partial charge in [-0.05, 0) is 13.8 Å². The van der Waals surface area contributed by atoms with Crippen molar-refractivity contribution >= 4 is 16.7 Å². The minimum atomic E-state index is -2.94. The average molecular weight is 534 g/mol. The van der Waals surface area contributed by atoms with Crippen LogP contribution in [0.15, 0.2) is 29.2 Å². The van der Waals surface area contributed by atoms with E-state index in [-0.39, 0.29) is 28.9 Å². The number of hydrogen-bond acceptors (Lipinski definition) is 8. The van der Waals surface area contributed by atoms with E-state index in [9.17, 15) is 18.0 Å². The standard InChI is InChI=1S/C26H30F3N5O4/c1-15(17-5-4-6-18(20(17)27)23(28)29)30-24-19-11-34(33-7-9-36-10-8-33)25(35)22(21(19)31-16(2)32-24)38-14-26(3)12-37-13-26/h4-6,11,15,23H,7-10,12-14H2,1-3H3,(H,30,31,32)/t15-/m1/s1. The summed E-state index contributed by atoms with van der Waals surface area (Å²) in [7, 11) is 0. The maximum atomic E-state index is 14.9. The summed E-state index contributed by atoms with van der Waals surface area (Å²) in [6.45, 7) is 8.56. The molecule has 204 valence electrons. The quantitative estimate of drug-likeness (QED) is 0.469. The molecule has 0 bridgehead atoms. The molecule has 0 amide bonds. The number of ether oxygens (including phenoxy) is 3. The Kier molecular flexibility index (Phi) is 7.19. The Morgan fingerprint density at radius 1 is 1.16 bits per heavy atom. The molecule has 5 rings (SSSR count). The van der Waals surface area contributed by atoms with Gasteiger partial charge in [0.15, 0.2) is 0 Å². The third-order valence-electron chi connectivity index (χ3n) is 6.80. The van der Waals surface area contributed by atoms with E-state index < -0.39 is 23.8 Å². The average Bonchev–Trinajstić information content (AvgIpc) is 2.87. The Hall–Kier alpha value is -3.38. The minimum absolute atomic E-state index is 0.0723. The highest BCUT2D eigenvalue weighted by atomic mass is 19.3. The van der Waals surface area contributed by atoms with Crippen LogP contribution in [0.4, 0.5) is 19.0 Å². The first kappa shape index (κ1) is 26.2. The van der Waals surface area contributed by atoms with Crippen molar-refractivity contribution in [1.29, 1.82) is 0 Å². The van der Waals surface area contributed by atoms with E-state index in [4.69, 9.17) is 14.2 Å². The molecule has 9 nitrogen and oxygen atoms in total. The Balaban J connectivity index is 1.60. The van der Waals surface area contributed by atoms with Crippen LogP contribution in [-0.4, -0.2) is 60.8 Å². The number of nitrogens with zero attached hydrogens (tertiary/aromatic N) is 4. The van der Waals surface area contributed by atoms with Gasteiger partial charge in [0.05, 0.1) is 63.1 Å². The van der Waals surface area contributed by atoms with E-state index in [0.29, 0.717) is 62.1 Å². The van der Waals surface area contributed by atoms with E-state index in [1.54, 1.807) is 20.0 Å². The fraction of sp³-hybridized carbons (Fsp3) is 0.500. The Morgan fingerprint density at radius 3 is 2.53 bits per heavy atom. The number of alkyl halides is 2. The summed E-state index contributed by atoms with van der Waals surface area (Å²) >= 11 is 0. The van der Waals surface area contributed by atoms with E-state index in [0.717, 1.165) is 6.07 Å². The lowest BCUT2D eigenvalue weighted by Crippen LogP contribution is -2.49. The highest BCUT2D eigenvalue weighted by molar-refractivity contribution is 5.92. The number of pyridine rings is 1. The first-order chi connectivity index (χ1) is 18.2. The third kappa shape index (κ3) is 5.02.